The van der Waals surface area contributed by atoms with Crippen molar-refractivity contribution in [2.24, 2.45) is 5.92 Å². The molecule has 0 aliphatic carbocycles. The van der Waals surface area contributed by atoms with Crippen LogP contribution in [-0.4, -0.2) is 31.3 Å². The van der Waals surface area contributed by atoms with E-state index in [4.69, 9.17) is 5.11 Å². The molecule has 1 N–H and O–H groups in total. The zero-order chi connectivity index (χ0) is 14.7. The molecule has 0 aliphatic rings. The van der Waals surface area contributed by atoms with Crippen LogP contribution in [0.2, 0.25) is 0 Å². The number of carboxylic acid groups (broad SMARTS) is 1. The first kappa shape index (κ1) is 14.6. The summed E-state index contributed by atoms with van der Waals surface area (Å²) in [5.41, 5.74) is 0.525. The maximum atomic E-state index is 13.3. The van der Waals surface area contributed by atoms with Gasteiger partial charge in [-0.05, 0) is 34.5 Å². The van der Waals surface area contributed by atoms with E-state index in [2.05, 4.69) is 31.5 Å². The van der Waals surface area contributed by atoms with Crippen LogP contribution in [0.4, 0.5) is 4.39 Å². The summed E-state index contributed by atoms with van der Waals surface area (Å²) in [6.45, 7) is 2.14. The molecule has 1 heterocycles. The molecule has 8 heteroatoms. The number of carboxylic acids is 1. The predicted octanol–water partition coefficient (Wildman–Crippen LogP) is 2.35. The minimum Gasteiger partial charge on any atom is -0.481 e. The second kappa shape index (κ2) is 6.08. The van der Waals surface area contributed by atoms with Crippen LogP contribution in [-0.2, 0) is 11.3 Å². The third kappa shape index (κ3) is 3.38. The van der Waals surface area contributed by atoms with Crippen molar-refractivity contribution in [3.8, 4) is 11.4 Å². The van der Waals surface area contributed by atoms with Crippen LogP contribution in [0.1, 0.15) is 13.3 Å². The molecule has 1 unspecified atom stereocenters. The van der Waals surface area contributed by atoms with Crippen molar-refractivity contribution in [3.05, 3.63) is 28.5 Å². The van der Waals surface area contributed by atoms with Crippen molar-refractivity contribution >= 4 is 21.9 Å². The molecule has 1 aromatic carbocycles. The van der Waals surface area contributed by atoms with Gasteiger partial charge in [-0.2, -0.15) is 0 Å². The molecule has 0 radical (unpaired) electrons. The van der Waals surface area contributed by atoms with E-state index < -0.39 is 11.8 Å². The van der Waals surface area contributed by atoms with E-state index in [9.17, 15) is 9.18 Å². The Hall–Kier alpha value is -1.83. The fourth-order valence-corrected chi connectivity index (χ4v) is 2.27. The lowest BCUT2D eigenvalue weighted by Crippen LogP contribution is -2.14. The van der Waals surface area contributed by atoms with Crippen LogP contribution in [0.25, 0.3) is 11.4 Å². The Bertz CT molecular complexity index is 632. The molecular formula is C12H12BrFN4O2. The van der Waals surface area contributed by atoms with Gasteiger partial charge in [0.1, 0.15) is 5.82 Å². The summed E-state index contributed by atoms with van der Waals surface area (Å²) in [5, 5.41) is 20.0. The van der Waals surface area contributed by atoms with Gasteiger partial charge in [0.15, 0.2) is 5.82 Å². The lowest BCUT2D eigenvalue weighted by Gasteiger charge is -2.10. The molecular weight excluding hydrogens is 331 g/mol. The van der Waals surface area contributed by atoms with E-state index in [-0.39, 0.29) is 12.3 Å². The summed E-state index contributed by atoms with van der Waals surface area (Å²) in [7, 11) is 0. The van der Waals surface area contributed by atoms with Crippen LogP contribution in [0.5, 0.6) is 0 Å². The van der Waals surface area contributed by atoms with Gasteiger partial charge in [-0.1, -0.05) is 22.9 Å². The summed E-state index contributed by atoms with van der Waals surface area (Å²) in [6, 6.07) is 4.23. The lowest BCUT2D eigenvalue weighted by atomic mass is 10.1. The van der Waals surface area contributed by atoms with E-state index in [0.29, 0.717) is 22.4 Å². The molecule has 0 saturated heterocycles. The fourth-order valence-electron chi connectivity index (χ4n) is 1.85. The largest absolute Gasteiger partial charge is 0.481 e. The number of halogens is 2. The van der Waals surface area contributed by atoms with Crippen molar-refractivity contribution in [1.29, 1.82) is 0 Å². The van der Waals surface area contributed by atoms with Gasteiger partial charge in [-0.15, -0.1) is 5.10 Å². The molecule has 2 aromatic rings. The number of tetrazole rings is 1. The van der Waals surface area contributed by atoms with Crippen molar-refractivity contribution in [1.82, 2.24) is 20.2 Å². The average molecular weight is 343 g/mol. The molecule has 0 amide bonds. The number of aliphatic carboxylic acids is 1. The lowest BCUT2D eigenvalue weighted by molar-refractivity contribution is -0.138. The normalized spacial score (nSPS) is 12.3. The fraction of sp³-hybridized carbons (Fsp3) is 0.333. The smallest absolute Gasteiger partial charge is 0.303 e. The average Bonchev–Trinajstić information content (AvgIpc) is 2.79. The molecule has 0 aliphatic heterocycles. The maximum absolute atomic E-state index is 13.3. The highest BCUT2D eigenvalue weighted by atomic mass is 79.9. The molecule has 6 nitrogen and oxygen atoms in total. The maximum Gasteiger partial charge on any atom is 0.303 e. The highest BCUT2D eigenvalue weighted by Crippen LogP contribution is 2.27. The number of hydrogen-bond acceptors (Lipinski definition) is 4. The van der Waals surface area contributed by atoms with Gasteiger partial charge in [-0.25, -0.2) is 9.07 Å². The van der Waals surface area contributed by atoms with Crippen LogP contribution >= 0.6 is 15.9 Å². The minimum absolute atomic E-state index is 0.0175. The molecule has 0 bridgehead atoms. The Labute approximate surface area is 122 Å². The van der Waals surface area contributed by atoms with E-state index in [1.54, 1.807) is 13.0 Å². The van der Waals surface area contributed by atoms with Crippen LogP contribution in [0.3, 0.4) is 0 Å². The van der Waals surface area contributed by atoms with E-state index in [1.165, 1.54) is 16.8 Å². The molecule has 0 saturated carbocycles. The van der Waals surface area contributed by atoms with E-state index in [0.717, 1.165) is 0 Å². The third-order valence-corrected chi connectivity index (χ3v) is 3.40. The number of aromatic nitrogens is 4. The molecule has 1 atom stereocenters. The van der Waals surface area contributed by atoms with Crippen LogP contribution in [0, 0.1) is 11.7 Å². The zero-order valence-corrected chi connectivity index (χ0v) is 12.2. The Morgan fingerprint density at radius 1 is 1.55 bits per heavy atom. The molecule has 2 rings (SSSR count). The first-order valence-electron chi connectivity index (χ1n) is 5.90. The molecule has 1 aromatic heterocycles. The van der Waals surface area contributed by atoms with Gasteiger partial charge in [0.2, 0.25) is 0 Å². The summed E-state index contributed by atoms with van der Waals surface area (Å²) >= 11 is 3.32. The highest BCUT2D eigenvalue weighted by molar-refractivity contribution is 9.10. The molecule has 0 fully saturated rings. The molecule has 106 valence electrons. The van der Waals surface area contributed by atoms with Crippen molar-refractivity contribution in [2.45, 2.75) is 19.9 Å². The second-order valence-corrected chi connectivity index (χ2v) is 5.37. The summed E-state index contributed by atoms with van der Waals surface area (Å²) in [4.78, 5) is 10.7. The van der Waals surface area contributed by atoms with Gasteiger partial charge in [0, 0.05) is 23.0 Å². The van der Waals surface area contributed by atoms with Crippen molar-refractivity contribution in [3.63, 3.8) is 0 Å². The first-order valence-corrected chi connectivity index (χ1v) is 6.70. The number of rotatable bonds is 5. The molecule has 20 heavy (non-hydrogen) atoms. The zero-order valence-electron chi connectivity index (χ0n) is 10.6. The Balaban J connectivity index is 2.28. The molecule has 0 spiro atoms. The van der Waals surface area contributed by atoms with Crippen molar-refractivity contribution in [2.75, 3.05) is 0 Å². The number of benzene rings is 1. The number of carbonyl (C=O) groups is 1. The van der Waals surface area contributed by atoms with Crippen LogP contribution < -0.4 is 0 Å². The third-order valence-electron chi connectivity index (χ3n) is 2.71. The Morgan fingerprint density at radius 3 is 3.00 bits per heavy atom. The van der Waals surface area contributed by atoms with E-state index >= 15 is 0 Å². The minimum atomic E-state index is -0.876. The Morgan fingerprint density at radius 2 is 2.30 bits per heavy atom. The topological polar surface area (TPSA) is 80.9 Å². The standard InChI is InChI=1S/C12H12BrFN4O2/c1-7(4-11(19)20)6-18-12(15-16-17-18)9-5-8(14)2-3-10(9)13/h2-3,5,7H,4,6H2,1H3,(H,19,20). The van der Waals surface area contributed by atoms with Gasteiger partial charge >= 0.3 is 5.97 Å². The highest BCUT2D eigenvalue weighted by Gasteiger charge is 2.16. The quantitative estimate of drug-likeness (QED) is 0.901. The first-order chi connectivity index (χ1) is 9.47. The summed E-state index contributed by atoms with van der Waals surface area (Å²) in [6.07, 6.45) is 0.0175. The monoisotopic (exact) mass is 342 g/mol. The van der Waals surface area contributed by atoms with Gasteiger partial charge in [0.05, 0.1) is 0 Å². The summed E-state index contributed by atoms with van der Waals surface area (Å²) < 4.78 is 15.5. The summed E-state index contributed by atoms with van der Waals surface area (Å²) in [5.74, 6) is -1.01. The predicted molar refractivity (Wildman–Crippen MR) is 72.3 cm³/mol. The van der Waals surface area contributed by atoms with Crippen molar-refractivity contribution < 1.29 is 14.3 Å². The van der Waals surface area contributed by atoms with Gasteiger partial charge in [-0.3, -0.25) is 4.79 Å². The van der Waals surface area contributed by atoms with Gasteiger partial charge < -0.3 is 5.11 Å². The van der Waals surface area contributed by atoms with Gasteiger partial charge in [0.25, 0.3) is 0 Å². The number of nitrogens with zero attached hydrogens (tertiary/aromatic N) is 4. The van der Waals surface area contributed by atoms with E-state index in [1.807, 2.05) is 0 Å². The number of hydrogen-bond donors (Lipinski definition) is 1. The second-order valence-electron chi connectivity index (χ2n) is 4.51. The Kier molecular flexibility index (Phi) is 4.43. The van der Waals surface area contributed by atoms with Crippen LogP contribution in [0.15, 0.2) is 22.7 Å². The SMILES string of the molecule is CC(CC(=O)O)Cn1nnnc1-c1cc(F)ccc1Br.